The molecule has 0 spiro atoms. The quantitative estimate of drug-likeness (QED) is 0.355. The molecule has 3 fully saturated rings. The van der Waals surface area contributed by atoms with Crippen molar-refractivity contribution in [1.82, 2.24) is 15.1 Å². The molecule has 0 saturated carbocycles. The van der Waals surface area contributed by atoms with Crippen molar-refractivity contribution < 1.29 is 19.1 Å². The molecule has 0 radical (unpaired) electrons. The summed E-state index contributed by atoms with van der Waals surface area (Å²) in [5.74, 6) is -1.07. The van der Waals surface area contributed by atoms with Gasteiger partial charge in [0.15, 0.2) is 5.78 Å². The number of carbonyl (C=O) groups is 3. The zero-order chi connectivity index (χ0) is 25.1. The molecule has 0 aliphatic carbocycles. The van der Waals surface area contributed by atoms with Gasteiger partial charge in [0.05, 0.1) is 12.1 Å². The van der Waals surface area contributed by atoms with Gasteiger partial charge in [0.2, 0.25) is 5.91 Å². The molecule has 3 heterocycles. The zero-order valence-corrected chi connectivity index (χ0v) is 20.5. The molecule has 35 heavy (non-hydrogen) atoms. The smallest absolute Gasteiger partial charge is 0.251 e. The average Bonchev–Trinajstić information content (AvgIpc) is 3.43. The Labute approximate surface area is 205 Å². The summed E-state index contributed by atoms with van der Waals surface area (Å²) in [6, 6.07) is 5.19. The van der Waals surface area contributed by atoms with Crippen LogP contribution in [0.3, 0.4) is 0 Å². The molecule has 5 atom stereocenters. The molecule has 3 aliphatic heterocycles. The van der Waals surface area contributed by atoms with Crippen molar-refractivity contribution in [3.8, 4) is 0 Å². The molecule has 0 unspecified atom stereocenters. The third kappa shape index (κ3) is 5.12. The minimum absolute atomic E-state index is 0.0898. The number of amides is 2. The maximum Gasteiger partial charge on any atom is 0.251 e. The monoisotopic (exact) mass is 483 g/mol. The maximum atomic E-state index is 13.6. The fourth-order valence-electron chi connectivity index (χ4n) is 5.00. The van der Waals surface area contributed by atoms with Gasteiger partial charge in [0, 0.05) is 48.9 Å². The van der Waals surface area contributed by atoms with Gasteiger partial charge in [-0.1, -0.05) is 25.4 Å². The summed E-state index contributed by atoms with van der Waals surface area (Å²) in [6.07, 6.45) is 0.0170. The predicted molar refractivity (Wildman–Crippen MR) is 130 cm³/mol. The number of piperazine rings is 1. The number of nitrogens with zero attached hydrogens (tertiary/aromatic N) is 6. The minimum Gasteiger partial charge on any atom is -0.369 e. The number of carbonyl (C=O) groups excluding carboxylic acids is 3. The minimum atomic E-state index is -0.816. The first-order valence-electron chi connectivity index (χ1n) is 12.2. The van der Waals surface area contributed by atoms with E-state index in [0.29, 0.717) is 12.0 Å². The highest BCUT2D eigenvalue weighted by atomic mass is 16.5. The van der Waals surface area contributed by atoms with Gasteiger partial charge in [-0.25, -0.2) is 0 Å². The lowest BCUT2D eigenvalue weighted by Crippen LogP contribution is -2.54. The Hall–Kier alpha value is -3.14. The van der Waals surface area contributed by atoms with E-state index >= 15 is 0 Å². The van der Waals surface area contributed by atoms with Crippen LogP contribution in [-0.2, 0) is 14.3 Å². The van der Waals surface area contributed by atoms with Gasteiger partial charge in [0.1, 0.15) is 18.7 Å². The van der Waals surface area contributed by atoms with Crippen molar-refractivity contribution in [2.45, 2.75) is 44.5 Å². The van der Waals surface area contributed by atoms with Crippen LogP contribution in [0.1, 0.15) is 30.6 Å². The maximum absolute atomic E-state index is 13.6. The summed E-state index contributed by atoms with van der Waals surface area (Å²) in [7, 11) is 2.11. The third-order valence-corrected chi connectivity index (χ3v) is 7.40. The van der Waals surface area contributed by atoms with Crippen molar-refractivity contribution in [1.29, 1.82) is 0 Å². The lowest BCUT2D eigenvalue weighted by Gasteiger charge is -2.34. The summed E-state index contributed by atoms with van der Waals surface area (Å²) < 4.78 is 5.52. The molecule has 11 heteroatoms. The number of likely N-dealkylation sites (N-methyl/N-ethyl adjacent to an activating group) is 1. The lowest BCUT2D eigenvalue weighted by atomic mass is 9.96. The summed E-state index contributed by atoms with van der Waals surface area (Å²) in [4.78, 5) is 48.0. The molecule has 1 N–H and O–H groups in total. The van der Waals surface area contributed by atoms with Gasteiger partial charge in [0.25, 0.3) is 5.91 Å². The van der Waals surface area contributed by atoms with E-state index in [0.717, 1.165) is 31.9 Å². The second kappa shape index (κ2) is 10.6. The van der Waals surface area contributed by atoms with Crippen LogP contribution in [-0.4, -0.2) is 98.0 Å². The number of likely N-dealkylation sites (tertiary alicyclic amines) is 1. The SMILES string of the molecule is CC[C@H](C)[C@H](NC(=O)c1ccc(N2CCN(C)CC2)cc1)C(=O)N1C[C@H](N=[N+]=[N-])[C@H]2OCC(=O)[C@H]21. The van der Waals surface area contributed by atoms with Crippen LogP contribution < -0.4 is 10.2 Å². The fourth-order valence-corrected chi connectivity index (χ4v) is 5.00. The first-order valence-corrected chi connectivity index (χ1v) is 12.2. The van der Waals surface area contributed by atoms with Crippen LogP contribution in [0.15, 0.2) is 29.4 Å². The van der Waals surface area contributed by atoms with Crippen molar-refractivity contribution in [3.63, 3.8) is 0 Å². The molecule has 4 rings (SSSR count). The van der Waals surface area contributed by atoms with Gasteiger partial charge < -0.3 is 24.8 Å². The first kappa shape index (κ1) is 25.0. The Morgan fingerprint density at radius 2 is 1.91 bits per heavy atom. The Bertz CT molecular complexity index is 1000. The predicted octanol–water partition coefficient (Wildman–Crippen LogP) is 1.44. The first-order chi connectivity index (χ1) is 16.8. The third-order valence-electron chi connectivity index (χ3n) is 7.40. The molecule has 0 aromatic heterocycles. The van der Waals surface area contributed by atoms with Crippen LogP contribution in [0.4, 0.5) is 5.69 Å². The fraction of sp³-hybridized carbons (Fsp3) is 0.625. The number of ether oxygens (including phenoxy) is 1. The van der Waals surface area contributed by atoms with E-state index < -0.39 is 24.2 Å². The molecular formula is C24H33N7O4. The van der Waals surface area contributed by atoms with Crippen LogP contribution in [0.2, 0.25) is 0 Å². The van der Waals surface area contributed by atoms with Gasteiger partial charge in [-0.05, 0) is 42.8 Å². The van der Waals surface area contributed by atoms with E-state index in [-0.39, 0.29) is 36.7 Å². The molecule has 11 nitrogen and oxygen atoms in total. The molecule has 1 aromatic carbocycles. The number of hydrogen-bond donors (Lipinski definition) is 1. The second-order valence-corrected chi connectivity index (χ2v) is 9.62. The number of nitrogens with one attached hydrogen (secondary N) is 1. The largest absolute Gasteiger partial charge is 0.369 e. The normalized spacial score (nSPS) is 26.1. The average molecular weight is 484 g/mol. The van der Waals surface area contributed by atoms with Crippen molar-refractivity contribution in [3.05, 3.63) is 40.3 Å². The molecule has 2 amide bonds. The Balaban J connectivity index is 1.48. The second-order valence-electron chi connectivity index (χ2n) is 9.62. The van der Waals surface area contributed by atoms with E-state index in [1.54, 1.807) is 12.1 Å². The topological polar surface area (TPSA) is 131 Å². The molecule has 188 valence electrons. The molecule has 3 saturated heterocycles. The Kier molecular flexibility index (Phi) is 7.59. The van der Waals surface area contributed by atoms with Gasteiger partial charge >= 0.3 is 0 Å². The molecular weight excluding hydrogens is 450 g/mol. The lowest BCUT2D eigenvalue weighted by molar-refractivity contribution is -0.139. The van der Waals surface area contributed by atoms with E-state index in [2.05, 4.69) is 32.2 Å². The van der Waals surface area contributed by atoms with Crippen LogP contribution in [0, 0.1) is 5.92 Å². The van der Waals surface area contributed by atoms with E-state index in [1.807, 2.05) is 26.0 Å². The van der Waals surface area contributed by atoms with Gasteiger partial charge in [-0.2, -0.15) is 0 Å². The van der Waals surface area contributed by atoms with Crippen molar-refractivity contribution in [2.24, 2.45) is 11.0 Å². The summed E-state index contributed by atoms with van der Waals surface area (Å²) in [5.41, 5.74) is 10.4. The number of Topliss-reactive ketones (excluding diaryl/α,β-unsaturated/α-hetero) is 1. The van der Waals surface area contributed by atoms with Crippen LogP contribution >= 0.6 is 0 Å². The van der Waals surface area contributed by atoms with Crippen LogP contribution in [0.5, 0.6) is 0 Å². The highest BCUT2D eigenvalue weighted by Crippen LogP contribution is 2.31. The summed E-state index contributed by atoms with van der Waals surface area (Å²) in [6.45, 7) is 7.67. The number of benzene rings is 1. The number of ketones is 1. The number of rotatable bonds is 7. The molecule has 1 aromatic rings. The molecule has 3 aliphatic rings. The Morgan fingerprint density at radius 3 is 2.54 bits per heavy atom. The van der Waals surface area contributed by atoms with Crippen molar-refractivity contribution in [2.75, 3.05) is 51.3 Å². The number of azide groups is 1. The number of anilines is 1. The van der Waals surface area contributed by atoms with E-state index in [1.165, 1.54) is 4.90 Å². The number of fused-ring (bicyclic) bond motifs is 1. The zero-order valence-electron chi connectivity index (χ0n) is 20.5. The van der Waals surface area contributed by atoms with E-state index in [4.69, 9.17) is 10.3 Å². The molecule has 0 bridgehead atoms. The summed E-state index contributed by atoms with van der Waals surface area (Å²) in [5, 5.41) is 6.63. The summed E-state index contributed by atoms with van der Waals surface area (Å²) >= 11 is 0. The van der Waals surface area contributed by atoms with Gasteiger partial charge in [-0.15, -0.1) is 0 Å². The number of hydrogen-bond acceptors (Lipinski definition) is 7. The van der Waals surface area contributed by atoms with Crippen LogP contribution in [0.25, 0.3) is 10.4 Å². The van der Waals surface area contributed by atoms with Gasteiger partial charge in [-0.3, -0.25) is 14.4 Å². The standard InChI is InChI=1S/C24H33N7O4/c1-4-15(2)20(24(34)31-13-18(27-28-25)22-21(31)19(32)14-35-22)26-23(33)16-5-7-17(8-6-16)30-11-9-29(3)10-12-30/h5-8,15,18,20-22H,4,9-14H2,1-3H3,(H,26,33)/t15-,18-,20-,21+,22+/m0/s1. The van der Waals surface area contributed by atoms with E-state index in [9.17, 15) is 14.4 Å². The highest BCUT2D eigenvalue weighted by Gasteiger charge is 2.53. The van der Waals surface area contributed by atoms with Crippen molar-refractivity contribution >= 4 is 23.3 Å². The Morgan fingerprint density at radius 1 is 1.23 bits per heavy atom. The highest BCUT2D eigenvalue weighted by molar-refractivity contribution is 5.99.